The Morgan fingerprint density at radius 1 is 1.10 bits per heavy atom. The molecule has 1 heterocycles. The van der Waals surface area contributed by atoms with Gasteiger partial charge in [-0.1, -0.05) is 24.8 Å². The summed E-state index contributed by atoms with van der Waals surface area (Å²) in [5.41, 5.74) is 7.43. The van der Waals surface area contributed by atoms with E-state index >= 15 is 0 Å². The Bertz CT molecular complexity index is 978. The Hall–Kier alpha value is -3.94. The van der Waals surface area contributed by atoms with Crippen LogP contribution in [-0.2, 0) is 14.3 Å². The molecule has 3 amide bonds. The zero-order chi connectivity index (χ0) is 21.1. The monoisotopic (exact) mass is 393 g/mol. The molecule has 0 spiro atoms. The molecule has 0 saturated carbocycles. The smallest absolute Gasteiger partial charge is 0.326 e. The van der Waals surface area contributed by atoms with Crippen LogP contribution in [-0.4, -0.2) is 41.2 Å². The van der Waals surface area contributed by atoms with E-state index in [1.165, 1.54) is 36.1 Å². The van der Waals surface area contributed by atoms with Crippen LogP contribution >= 0.6 is 0 Å². The number of nitrogens with two attached hydrogens (primary N) is 1. The molecule has 0 radical (unpaired) electrons. The molecule has 0 aromatic heterocycles. The molecule has 1 aliphatic rings. The van der Waals surface area contributed by atoms with Gasteiger partial charge in [-0.3, -0.25) is 24.1 Å². The predicted molar refractivity (Wildman–Crippen MR) is 106 cm³/mol. The zero-order valence-electron chi connectivity index (χ0n) is 15.7. The Balaban J connectivity index is 1.56. The van der Waals surface area contributed by atoms with E-state index in [1.807, 2.05) is 0 Å². The van der Waals surface area contributed by atoms with E-state index < -0.39 is 23.9 Å². The van der Waals surface area contributed by atoms with Crippen LogP contribution in [0.25, 0.3) is 5.70 Å². The van der Waals surface area contributed by atoms with Crippen LogP contribution in [0.15, 0.2) is 55.1 Å². The van der Waals surface area contributed by atoms with Crippen molar-refractivity contribution >= 4 is 35.1 Å². The molecule has 0 unspecified atom stereocenters. The largest absolute Gasteiger partial charge is 0.451 e. The summed E-state index contributed by atoms with van der Waals surface area (Å²) < 4.78 is 5.14. The highest BCUT2D eigenvalue weighted by Gasteiger charge is 2.33. The standard InChI is InChI=1S/C21H19N3O5/c1-12-16-5-3-4-6-17(16)21(28)24(12)11-18(25)29-13(2)20(27)23-15-9-7-14(8-10-15)19(22)26/h3-10,13H,1,11H2,2H3,(H2,22,26)(H,23,27)/t13-/m1/s1. The lowest BCUT2D eigenvalue weighted by Crippen LogP contribution is -2.35. The second-order valence-electron chi connectivity index (χ2n) is 6.45. The molecular weight excluding hydrogens is 374 g/mol. The summed E-state index contributed by atoms with van der Waals surface area (Å²) in [6.45, 7) is 4.92. The van der Waals surface area contributed by atoms with Crippen molar-refractivity contribution in [2.45, 2.75) is 13.0 Å². The maximum atomic E-state index is 12.4. The van der Waals surface area contributed by atoms with E-state index in [2.05, 4.69) is 11.9 Å². The van der Waals surface area contributed by atoms with Gasteiger partial charge in [-0.25, -0.2) is 0 Å². The Kier molecular flexibility index (Phi) is 5.45. The number of anilines is 1. The lowest BCUT2D eigenvalue weighted by atomic mass is 10.1. The lowest BCUT2D eigenvalue weighted by molar-refractivity contribution is -0.153. The van der Waals surface area contributed by atoms with Gasteiger partial charge in [0.15, 0.2) is 6.10 Å². The third-order valence-corrected chi connectivity index (χ3v) is 4.44. The minimum Gasteiger partial charge on any atom is -0.451 e. The predicted octanol–water partition coefficient (Wildman–Crippen LogP) is 1.78. The molecule has 2 aromatic carbocycles. The molecule has 3 N–H and O–H groups in total. The number of nitrogens with zero attached hydrogens (tertiary/aromatic N) is 1. The van der Waals surface area contributed by atoms with Crippen molar-refractivity contribution in [2.75, 3.05) is 11.9 Å². The number of hydrogen-bond acceptors (Lipinski definition) is 5. The van der Waals surface area contributed by atoms with Crippen LogP contribution in [0.4, 0.5) is 5.69 Å². The summed E-state index contributed by atoms with van der Waals surface area (Å²) in [4.78, 5) is 49.2. The maximum Gasteiger partial charge on any atom is 0.326 e. The highest BCUT2D eigenvalue weighted by atomic mass is 16.5. The summed E-state index contributed by atoms with van der Waals surface area (Å²) in [7, 11) is 0. The molecule has 3 rings (SSSR count). The number of amides is 3. The van der Waals surface area contributed by atoms with Crippen LogP contribution in [0.5, 0.6) is 0 Å². The number of rotatable bonds is 6. The molecule has 0 fully saturated rings. The number of esters is 1. The minimum atomic E-state index is -1.09. The van der Waals surface area contributed by atoms with Crippen LogP contribution in [0.2, 0.25) is 0 Å². The number of carbonyl (C=O) groups excluding carboxylic acids is 4. The summed E-state index contributed by atoms with van der Waals surface area (Å²) in [5, 5.41) is 2.57. The number of fused-ring (bicyclic) bond motifs is 1. The molecule has 1 atom stereocenters. The second kappa shape index (κ2) is 7.97. The van der Waals surface area contributed by atoms with Crippen molar-refractivity contribution in [1.82, 2.24) is 4.90 Å². The van der Waals surface area contributed by atoms with Crippen molar-refractivity contribution in [3.8, 4) is 0 Å². The van der Waals surface area contributed by atoms with Crippen molar-refractivity contribution in [3.63, 3.8) is 0 Å². The van der Waals surface area contributed by atoms with E-state index in [0.717, 1.165) is 0 Å². The molecule has 148 valence electrons. The number of primary amides is 1. The van der Waals surface area contributed by atoms with Crippen LogP contribution in [0.3, 0.4) is 0 Å². The van der Waals surface area contributed by atoms with E-state index in [0.29, 0.717) is 28.1 Å². The van der Waals surface area contributed by atoms with Gasteiger partial charge in [0, 0.05) is 28.1 Å². The van der Waals surface area contributed by atoms with Gasteiger partial charge in [-0.15, -0.1) is 0 Å². The molecule has 8 nitrogen and oxygen atoms in total. The molecule has 2 aromatic rings. The fourth-order valence-corrected chi connectivity index (χ4v) is 2.88. The lowest BCUT2D eigenvalue weighted by Gasteiger charge is -2.18. The first-order valence-corrected chi connectivity index (χ1v) is 8.78. The number of nitrogens with one attached hydrogen (secondary N) is 1. The van der Waals surface area contributed by atoms with Gasteiger partial charge in [0.1, 0.15) is 6.54 Å². The second-order valence-corrected chi connectivity index (χ2v) is 6.45. The van der Waals surface area contributed by atoms with Crippen molar-refractivity contribution < 1.29 is 23.9 Å². The first-order valence-electron chi connectivity index (χ1n) is 8.78. The van der Waals surface area contributed by atoms with E-state index in [-0.39, 0.29) is 12.5 Å². The van der Waals surface area contributed by atoms with Crippen LogP contribution < -0.4 is 11.1 Å². The van der Waals surface area contributed by atoms with Crippen LogP contribution in [0.1, 0.15) is 33.2 Å². The average molecular weight is 393 g/mol. The molecule has 0 aliphatic carbocycles. The van der Waals surface area contributed by atoms with Crippen molar-refractivity contribution in [2.24, 2.45) is 5.73 Å². The van der Waals surface area contributed by atoms with Gasteiger partial charge in [0.05, 0.1) is 0 Å². The summed E-state index contributed by atoms with van der Waals surface area (Å²) in [6.07, 6.45) is -1.09. The van der Waals surface area contributed by atoms with Crippen LogP contribution in [0, 0.1) is 0 Å². The first-order chi connectivity index (χ1) is 13.8. The van der Waals surface area contributed by atoms with E-state index in [4.69, 9.17) is 10.5 Å². The number of carbonyl (C=O) groups is 4. The van der Waals surface area contributed by atoms with Gasteiger partial charge >= 0.3 is 5.97 Å². The molecule has 29 heavy (non-hydrogen) atoms. The summed E-state index contributed by atoms with van der Waals surface area (Å²) in [5.74, 6) is -2.21. The van der Waals surface area contributed by atoms with Crippen molar-refractivity contribution in [1.29, 1.82) is 0 Å². The summed E-state index contributed by atoms with van der Waals surface area (Å²) >= 11 is 0. The van der Waals surface area contributed by atoms with Gasteiger partial charge in [-0.2, -0.15) is 0 Å². The van der Waals surface area contributed by atoms with Gasteiger partial charge < -0.3 is 15.8 Å². The molecule has 0 bridgehead atoms. The third-order valence-electron chi connectivity index (χ3n) is 4.44. The SMILES string of the molecule is C=C1c2ccccc2C(=O)N1CC(=O)O[C@H](C)C(=O)Nc1ccc(C(N)=O)cc1. The Morgan fingerprint density at radius 2 is 1.72 bits per heavy atom. The van der Waals surface area contributed by atoms with E-state index in [1.54, 1.807) is 24.3 Å². The Labute approximate surface area is 166 Å². The molecule has 8 heteroatoms. The third kappa shape index (κ3) is 4.16. The number of benzene rings is 2. The molecular formula is C21H19N3O5. The normalized spacial score (nSPS) is 13.6. The molecule has 0 saturated heterocycles. The van der Waals surface area contributed by atoms with Gasteiger partial charge in [0.25, 0.3) is 11.8 Å². The first kappa shape index (κ1) is 19.8. The molecule has 1 aliphatic heterocycles. The maximum absolute atomic E-state index is 12.4. The average Bonchev–Trinajstić information content (AvgIpc) is 2.93. The van der Waals surface area contributed by atoms with E-state index in [9.17, 15) is 19.2 Å². The van der Waals surface area contributed by atoms with Gasteiger partial charge in [0.2, 0.25) is 5.91 Å². The summed E-state index contributed by atoms with van der Waals surface area (Å²) in [6, 6.07) is 12.9. The topological polar surface area (TPSA) is 119 Å². The highest BCUT2D eigenvalue weighted by Crippen LogP contribution is 2.30. The number of hydrogen-bond donors (Lipinski definition) is 2. The fourth-order valence-electron chi connectivity index (χ4n) is 2.88. The highest BCUT2D eigenvalue weighted by molar-refractivity contribution is 6.10. The van der Waals surface area contributed by atoms with Crippen molar-refractivity contribution in [3.05, 3.63) is 71.8 Å². The fraction of sp³-hybridized carbons (Fsp3) is 0.143. The zero-order valence-corrected chi connectivity index (χ0v) is 15.7. The van der Waals surface area contributed by atoms with Gasteiger partial charge in [-0.05, 0) is 37.3 Å². The number of ether oxygens (including phenoxy) is 1. The quantitative estimate of drug-likeness (QED) is 0.725. The minimum absolute atomic E-state index is 0.305. The Morgan fingerprint density at radius 3 is 2.31 bits per heavy atom.